The van der Waals surface area contributed by atoms with E-state index >= 15 is 0 Å². The average molecular weight is 425 g/mol. The zero-order chi connectivity index (χ0) is 21.3. The van der Waals surface area contributed by atoms with E-state index in [9.17, 15) is 0 Å². The highest BCUT2D eigenvalue weighted by Crippen LogP contribution is 2.37. The quantitative estimate of drug-likeness (QED) is 0.597. The molecule has 1 aliphatic heterocycles. The predicted octanol–water partition coefficient (Wildman–Crippen LogP) is 4.63. The van der Waals surface area contributed by atoms with Crippen molar-refractivity contribution in [1.29, 1.82) is 0 Å². The molecular formula is C23H29ClN6. The molecule has 3 heterocycles. The van der Waals surface area contributed by atoms with Crippen molar-refractivity contribution in [2.24, 2.45) is 7.05 Å². The van der Waals surface area contributed by atoms with Crippen LogP contribution in [0.1, 0.15) is 42.3 Å². The molecular weight excluding hydrogens is 396 g/mol. The van der Waals surface area contributed by atoms with Gasteiger partial charge in [-0.05, 0) is 44.0 Å². The Morgan fingerprint density at radius 2 is 2.07 bits per heavy atom. The van der Waals surface area contributed by atoms with E-state index in [1.54, 1.807) is 0 Å². The number of piperidine rings is 1. The number of aromatic nitrogens is 4. The Balaban J connectivity index is 1.77. The third-order valence-corrected chi connectivity index (χ3v) is 5.99. The number of aryl methyl sites for hydroxylation is 2. The van der Waals surface area contributed by atoms with Gasteiger partial charge in [-0.15, -0.1) is 0 Å². The lowest BCUT2D eigenvalue weighted by Gasteiger charge is -2.36. The fourth-order valence-corrected chi connectivity index (χ4v) is 4.44. The molecule has 6 nitrogen and oxygen atoms in total. The van der Waals surface area contributed by atoms with Gasteiger partial charge in [0.05, 0.1) is 17.4 Å². The lowest BCUT2D eigenvalue weighted by Crippen LogP contribution is -2.34. The summed E-state index contributed by atoms with van der Waals surface area (Å²) in [7, 11) is 5.95. The molecule has 0 aliphatic carbocycles. The van der Waals surface area contributed by atoms with Crippen LogP contribution >= 0.6 is 11.6 Å². The molecule has 3 aromatic rings. The van der Waals surface area contributed by atoms with Crippen molar-refractivity contribution in [3.63, 3.8) is 0 Å². The second kappa shape index (κ2) is 8.74. The highest BCUT2D eigenvalue weighted by Gasteiger charge is 2.29. The summed E-state index contributed by atoms with van der Waals surface area (Å²) < 4.78 is 1.90. The first kappa shape index (κ1) is 20.8. The molecule has 4 rings (SSSR count). The second-order valence-corrected chi connectivity index (χ2v) is 8.71. The number of likely N-dealkylation sites (tertiary alicyclic amines) is 1. The molecule has 0 amide bonds. The Bertz CT molecular complexity index is 1030. The number of anilines is 1. The van der Waals surface area contributed by atoms with Gasteiger partial charge < -0.3 is 4.90 Å². The van der Waals surface area contributed by atoms with E-state index in [2.05, 4.69) is 34.2 Å². The third kappa shape index (κ3) is 4.35. The minimum atomic E-state index is 0.231. The molecule has 1 fully saturated rings. The van der Waals surface area contributed by atoms with Crippen LogP contribution in [0.25, 0.3) is 11.1 Å². The first-order chi connectivity index (χ1) is 14.4. The van der Waals surface area contributed by atoms with Gasteiger partial charge in [0, 0.05) is 56.2 Å². The predicted molar refractivity (Wildman–Crippen MR) is 122 cm³/mol. The normalized spacial score (nSPS) is 17.3. The van der Waals surface area contributed by atoms with Gasteiger partial charge in [-0.25, -0.2) is 9.97 Å². The molecule has 30 heavy (non-hydrogen) atoms. The molecule has 0 unspecified atom stereocenters. The van der Waals surface area contributed by atoms with Gasteiger partial charge in [-0.1, -0.05) is 30.2 Å². The van der Waals surface area contributed by atoms with Crippen molar-refractivity contribution >= 4 is 17.5 Å². The summed E-state index contributed by atoms with van der Waals surface area (Å²) in [6.45, 7) is 4.01. The molecule has 158 valence electrons. The topological polar surface area (TPSA) is 50.1 Å². The van der Waals surface area contributed by atoms with E-state index in [1.807, 2.05) is 55.1 Å². The van der Waals surface area contributed by atoms with Crippen molar-refractivity contribution < 1.29 is 0 Å². The van der Waals surface area contributed by atoms with Gasteiger partial charge in [0.15, 0.2) is 0 Å². The van der Waals surface area contributed by atoms with Crippen LogP contribution < -0.4 is 4.90 Å². The van der Waals surface area contributed by atoms with E-state index in [-0.39, 0.29) is 6.04 Å². The van der Waals surface area contributed by atoms with Gasteiger partial charge in [0.1, 0.15) is 0 Å². The van der Waals surface area contributed by atoms with Crippen molar-refractivity contribution in [1.82, 2.24) is 24.6 Å². The zero-order valence-electron chi connectivity index (χ0n) is 18.1. The van der Waals surface area contributed by atoms with Gasteiger partial charge >= 0.3 is 0 Å². The van der Waals surface area contributed by atoms with Crippen LogP contribution in [0, 0.1) is 6.92 Å². The standard InChI is InChI=1S/C23H29ClN6/c1-16-18(14-29(4)27-16)15-30-11-6-5-10-21(30)22-20(13-25-23(26-22)28(2)3)17-8-7-9-19(24)12-17/h7-9,12-14,21H,5-6,10-11,15H2,1-4H3/t21-/m0/s1. The summed E-state index contributed by atoms with van der Waals surface area (Å²) in [6.07, 6.45) is 7.56. The molecule has 7 heteroatoms. The SMILES string of the molecule is Cc1nn(C)cc1CN1CCCC[C@H]1c1nc(N(C)C)ncc1-c1cccc(Cl)c1. The first-order valence-electron chi connectivity index (χ1n) is 10.5. The van der Waals surface area contributed by atoms with Gasteiger partial charge in [-0.3, -0.25) is 9.58 Å². The molecule has 0 saturated carbocycles. The molecule has 1 saturated heterocycles. The summed E-state index contributed by atoms with van der Waals surface area (Å²) in [5, 5.41) is 5.25. The molecule has 0 N–H and O–H groups in total. The van der Waals surface area contributed by atoms with Gasteiger partial charge in [-0.2, -0.15) is 5.10 Å². The van der Waals surface area contributed by atoms with E-state index < -0.39 is 0 Å². The highest BCUT2D eigenvalue weighted by atomic mass is 35.5. The number of nitrogens with zero attached hydrogens (tertiary/aromatic N) is 6. The van der Waals surface area contributed by atoms with Crippen LogP contribution in [0.2, 0.25) is 5.02 Å². The fourth-order valence-electron chi connectivity index (χ4n) is 4.25. The van der Waals surface area contributed by atoms with E-state index in [0.29, 0.717) is 0 Å². The molecule has 1 atom stereocenters. The maximum atomic E-state index is 6.30. The number of hydrogen-bond acceptors (Lipinski definition) is 5. The summed E-state index contributed by atoms with van der Waals surface area (Å²) >= 11 is 6.30. The monoisotopic (exact) mass is 424 g/mol. The van der Waals surface area contributed by atoms with Crippen LogP contribution in [0.5, 0.6) is 0 Å². The van der Waals surface area contributed by atoms with Crippen LogP contribution in [-0.4, -0.2) is 45.3 Å². The third-order valence-electron chi connectivity index (χ3n) is 5.76. The van der Waals surface area contributed by atoms with Crippen molar-refractivity contribution in [3.8, 4) is 11.1 Å². The molecule has 1 aromatic carbocycles. The van der Waals surface area contributed by atoms with Crippen LogP contribution in [0.4, 0.5) is 5.95 Å². The smallest absolute Gasteiger partial charge is 0.225 e. The summed E-state index contributed by atoms with van der Waals surface area (Å²) in [6, 6.07) is 8.20. The van der Waals surface area contributed by atoms with Crippen molar-refractivity contribution in [2.45, 2.75) is 38.8 Å². The lowest BCUT2D eigenvalue weighted by molar-refractivity contribution is 0.137. The summed E-state index contributed by atoms with van der Waals surface area (Å²) in [4.78, 5) is 14.1. The van der Waals surface area contributed by atoms with Crippen molar-refractivity contribution in [2.75, 3.05) is 25.5 Å². The summed E-state index contributed by atoms with van der Waals surface area (Å²) in [5.41, 5.74) is 5.56. The molecule has 1 aliphatic rings. The Morgan fingerprint density at radius 3 is 2.77 bits per heavy atom. The van der Waals surface area contributed by atoms with Crippen LogP contribution in [0.3, 0.4) is 0 Å². The molecule has 0 radical (unpaired) electrons. The van der Waals surface area contributed by atoms with Gasteiger partial charge in [0.2, 0.25) is 5.95 Å². The Labute approximate surface area is 183 Å². The minimum absolute atomic E-state index is 0.231. The van der Waals surface area contributed by atoms with Crippen molar-refractivity contribution in [3.05, 3.63) is 58.6 Å². The molecule has 2 aromatic heterocycles. The van der Waals surface area contributed by atoms with E-state index in [4.69, 9.17) is 16.6 Å². The largest absolute Gasteiger partial charge is 0.347 e. The lowest BCUT2D eigenvalue weighted by atomic mass is 9.93. The zero-order valence-corrected chi connectivity index (χ0v) is 18.9. The molecule has 0 bridgehead atoms. The van der Waals surface area contributed by atoms with Crippen LogP contribution in [0.15, 0.2) is 36.7 Å². The Kier molecular flexibility index (Phi) is 6.06. The van der Waals surface area contributed by atoms with E-state index in [1.165, 1.54) is 18.4 Å². The maximum Gasteiger partial charge on any atom is 0.225 e. The number of halogens is 1. The molecule has 0 spiro atoms. The highest BCUT2D eigenvalue weighted by molar-refractivity contribution is 6.30. The van der Waals surface area contributed by atoms with Gasteiger partial charge in [0.25, 0.3) is 0 Å². The Morgan fingerprint density at radius 1 is 1.23 bits per heavy atom. The number of rotatable bonds is 5. The second-order valence-electron chi connectivity index (χ2n) is 8.27. The average Bonchev–Trinajstić information content (AvgIpc) is 3.04. The van der Waals surface area contributed by atoms with Crippen LogP contribution in [-0.2, 0) is 13.6 Å². The van der Waals surface area contributed by atoms with E-state index in [0.717, 1.165) is 53.0 Å². The maximum absolute atomic E-state index is 6.30. The Hall–Kier alpha value is -2.44. The fraction of sp³-hybridized carbons (Fsp3) is 0.435. The number of benzene rings is 1. The minimum Gasteiger partial charge on any atom is -0.347 e. The summed E-state index contributed by atoms with van der Waals surface area (Å²) in [5.74, 6) is 0.735. The number of hydrogen-bond donors (Lipinski definition) is 0. The first-order valence-corrected chi connectivity index (χ1v) is 10.8.